The average Bonchev–Trinajstić information content (AvgIpc) is 2.92. The summed E-state index contributed by atoms with van der Waals surface area (Å²) in [5.41, 5.74) is 1.28. The molecule has 1 amide bonds. The molecule has 1 heterocycles. The zero-order valence-electron chi connectivity index (χ0n) is 21.9. The molecule has 0 atom stereocenters. The molecule has 0 bridgehead atoms. The van der Waals surface area contributed by atoms with E-state index in [9.17, 15) is 14.7 Å². The number of carbonyl (C=O) groups is 1. The van der Waals surface area contributed by atoms with Crippen molar-refractivity contribution in [1.82, 2.24) is 14.9 Å². The zero-order valence-corrected chi connectivity index (χ0v) is 21.9. The highest BCUT2D eigenvalue weighted by atomic mass is 16.5. The fraction of sp³-hybridized carbons (Fsp3) is 0.300. The summed E-state index contributed by atoms with van der Waals surface area (Å²) in [6.45, 7) is 7.75. The molecule has 4 aromatic rings. The molecule has 0 saturated heterocycles. The Morgan fingerprint density at radius 1 is 1.00 bits per heavy atom. The van der Waals surface area contributed by atoms with E-state index >= 15 is 0 Å². The van der Waals surface area contributed by atoms with Gasteiger partial charge in [-0.25, -0.2) is 4.98 Å². The van der Waals surface area contributed by atoms with E-state index in [-0.39, 0.29) is 37.2 Å². The smallest absolute Gasteiger partial charge is 0.294 e. The first-order valence-electron chi connectivity index (χ1n) is 12.7. The van der Waals surface area contributed by atoms with Crippen LogP contribution in [0, 0.1) is 0 Å². The number of benzene rings is 3. The van der Waals surface area contributed by atoms with Crippen LogP contribution < -0.4 is 10.3 Å². The highest BCUT2D eigenvalue weighted by molar-refractivity contribution is 5.95. The molecule has 0 saturated carbocycles. The van der Waals surface area contributed by atoms with Gasteiger partial charge in [0.25, 0.3) is 11.5 Å². The fourth-order valence-electron chi connectivity index (χ4n) is 4.07. The van der Waals surface area contributed by atoms with Gasteiger partial charge in [0, 0.05) is 19.0 Å². The lowest BCUT2D eigenvalue weighted by Crippen LogP contribution is -2.40. The van der Waals surface area contributed by atoms with Crippen LogP contribution in [0.15, 0.2) is 77.6 Å². The third-order valence-electron chi connectivity index (χ3n) is 5.82. The maximum Gasteiger partial charge on any atom is 0.294 e. The minimum absolute atomic E-state index is 0.0536. The van der Waals surface area contributed by atoms with E-state index in [2.05, 4.69) is 9.97 Å². The van der Waals surface area contributed by atoms with Crippen molar-refractivity contribution in [1.29, 1.82) is 0 Å². The predicted molar refractivity (Wildman–Crippen MR) is 147 cm³/mol. The standard InChI is InChI=1S/C28H29N3O4.C2H6/c1-19(2)31(15-16-32)28(34)25-26(35-18-20-9-4-3-5-10-20)27(33)30-24(29-25)17-22-13-8-12-21-11-6-7-14-23(21)22;1-2/h3-14,19,32H,15-18H2,1-2H3,(H,29,30,33);1-2H3. The fourth-order valence-corrected chi connectivity index (χ4v) is 4.07. The van der Waals surface area contributed by atoms with Crippen LogP contribution in [0.3, 0.4) is 0 Å². The molecule has 0 aliphatic rings. The van der Waals surface area contributed by atoms with Gasteiger partial charge in [-0.3, -0.25) is 9.59 Å². The van der Waals surface area contributed by atoms with Crippen molar-refractivity contribution in [3.05, 3.63) is 106 Å². The van der Waals surface area contributed by atoms with E-state index in [4.69, 9.17) is 4.74 Å². The molecule has 0 unspecified atom stereocenters. The number of hydrogen-bond donors (Lipinski definition) is 2. The van der Waals surface area contributed by atoms with Crippen molar-refractivity contribution in [3.8, 4) is 5.75 Å². The summed E-state index contributed by atoms with van der Waals surface area (Å²) in [5, 5.41) is 11.6. The number of ether oxygens (including phenoxy) is 1. The number of nitrogens with zero attached hydrogens (tertiary/aromatic N) is 2. The average molecular weight is 502 g/mol. The Balaban J connectivity index is 0.00000186. The Morgan fingerprint density at radius 2 is 1.68 bits per heavy atom. The lowest BCUT2D eigenvalue weighted by Gasteiger charge is -2.26. The van der Waals surface area contributed by atoms with Gasteiger partial charge in [-0.15, -0.1) is 0 Å². The van der Waals surface area contributed by atoms with Crippen LogP contribution in [0.2, 0.25) is 0 Å². The van der Waals surface area contributed by atoms with Crippen LogP contribution in [0.5, 0.6) is 5.75 Å². The number of nitrogens with one attached hydrogen (secondary N) is 1. The number of aliphatic hydroxyl groups excluding tert-OH is 1. The SMILES string of the molecule is CC.CC(C)N(CCO)C(=O)c1nc(Cc2cccc3ccccc23)[nH]c(=O)c1OCc1ccccc1. The molecular weight excluding hydrogens is 466 g/mol. The second kappa shape index (κ2) is 13.4. The van der Waals surface area contributed by atoms with Crippen LogP contribution >= 0.6 is 0 Å². The molecule has 7 nitrogen and oxygen atoms in total. The summed E-state index contributed by atoms with van der Waals surface area (Å²) < 4.78 is 5.84. The van der Waals surface area contributed by atoms with Gasteiger partial charge >= 0.3 is 0 Å². The zero-order chi connectivity index (χ0) is 26.8. The van der Waals surface area contributed by atoms with Gasteiger partial charge < -0.3 is 19.7 Å². The Bertz CT molecular complexity index is 1360. The van der Waals surface area contributed by atoms with Gasteiger partial charge in [-0.2, -0.15) is 0 Å². The molecule has 37 heavy (non-hydrogen) atoms. The highest BCUT2D eigenvalue weighted by Gasteiger charge is 2.26. The summed E-state index contributed by atoms with van der Waals surface area (Å²) >= 11 is 0. The number of H-pyrrole nitrogens is 1. The topological polar surface area (TPSA) is 95.5 Å². The molecule has 0 aliphatic carbocycles. The molecule has 0 fully saturated rings. The number of amides is 1. The van der Waals surface area contributed by atoms with Gasteiger partial charge in [0.1, 0.15) is 12.4 Å². The summed E-state index contributed by atoms with van der Waals surface area (Å²) in [4.78, 5) is 35.5. The minimum atomic E-state index is -0.512. The van der Waals surface area contributed by atoms with Crippen molar-refractivity contribution in [2.24, 2.45) is 0 Å². The van der Waals surface area contributed by atoms with Gasteiger partial charge in [-0.05, 0) is 35.7 Å². The monoisotopic (exact) mass is 501 g/mol. The van der Waals surface area contributed by atoms with Crippen LogP contribution in [0.25, 0.3) is 10.8 Å². The second-order valence-electron chi connectivity index (χ2n) is 8.60. The van der Waals surface area contributed by atoms with E-state index < -0.39 is 11.5 Å². The van der Waals surface area contributed by atoms with Crippen LogP contribution in [-0.4, -0.2) is 45.1 Å². The number of aliphatic hydroxyl groups is 1. The summed E-state index contributed by atoms with van der Waals surface area (Å²) in [6.07, 6.45) is 0.345. The van der Waals surface area contributed by atoms with Gasteiger partial charge in [0.2, 0.25) is 5.75 Å². The molecule has 0 aliphatic heterocycles. The van der Waals surface area contributed by atoms with Gasteiger partial charge in [0.05, 0.1) is 6.61 Å². The van der Waals surface area contributed by atoms with Crippen LogP contribution in [-0.2, 0) is 13.0 Å². The lowest BCUT2D eigenvalue weighted by molar-refractivity contribution is 0.0653. The third kappa shape index (κ3) is 6.83. The second-order valence-corrected chi connectivity index (χ2v) is 8.60. The molecule has 2 N–H and O–H groups in total. The number of rotatable bonds is 9. The lowest BCUT2D eigenvalue weighted by atomic mass is 10.0. The number of hydrogen-bond acceptors (Lipinski definition) is 5. The molecule has 0 radical (unpaired) electrons. The summed E-state index contributed by atoms with van der Waals surface area (Å²) in [5.74, 6) is -0.207. The van der Waals surface area contributed by atoms with E-state index in [1.807, 2.05) is 100 Å². The first-order chi connectivity index (χ1) is 18.0. The number of fused-ring (bicyclic) bond motifs is 1. The maximum absolute atomic E-state index is 13.5. The summed E-state index contributed by atoms with van der Waals surface area (Å²) in [6, 6.07) is 23.2. The third-order valence-corrected chi connectivity index (χ3v) is 5.82. The Labute approximate surface area is 217 Å². The normalized spacial score (nSPS) is 10.6. The number of aromatic amines is 1. The van der Waals surface area contributed by atoms with E-state index in [0.717, 1.165) is 21.9 Å². The van der Waals surface area contributed by atoms with Crippen molar-refractivity contribution in [2.45, 2.75) is 46.8 Å². The quantitative estimate of drug-likeness (QED) is 0.338. The Kier molecular flexibility index (Phi) is 9.98. The van der Waals surface area contributed by atoms with Gasteiger partial charge in [0.15, 0.2) is 5.69 Å². The molecule has 0 spiro atoms. The van der Waals surface area contributed by atoms with Crippen molar-refractivity contribution in [2.75, 3.05) is 13.2 Å². The highest BCUT2D eigenvalue weighted by Crippen LogP contribution is 2.22. The maximum atomic E-state index is 13.5. The molecule has 4 rings (SSSR count). The molecule has 7 heteroatoms. The number of carbonyl (C=O) groups excluding carboxylic acids is 1. The molecule has 1 aromatic heterocycles. The van der Waals surface area contributed by atoms with E-state index in [0.29, 0.717) is 12.2 Å². The summed E-state index contributed by atoms with van der Waals surface area (Å²) in [7, 11) is 0. The van der Waals surface area contributed by atoms with Crippen molar-refractivity contribution in [3.63, 3.8) is 0 Å². The largest absolute Gasteiger partial charge is 0.481 e. The number of aromatic nitrogens is 2. The minimum Gasteiger partial charge on any atom is -0.481 e. The molecular formula is C30H35N3O4. The Hall–Kier alpha value is -3.97. The van der Waals surface area contributed by atoms with Gasteiger partial charge in [-0.1, -0.05) is 86.6 Å². The van der Waals surface area contributed by atoms with E-state index in [1.54, 1.807) is 0 Å². The van der Waals surface area contributed by atoms with Crippen molar-refractivity contribution >= 4 is 16.7 Å². The first-order valence-corrected chi connectivity index (χ1v) is 12.7. The molecule has 194 valence electrons. The van der Waals surface area contributed by atoms with Crippen molar-refractivity contribution < 1.29 is 14.6 Å². The van der Waals surface area contributed by atoms with Crippen LogP contribution in [0.1, 0.15) is 55.1 Å². The van der Waals surface area contributed by atoms with Crippen LogP contribution in [0.4, 0.5) is 0 Å². The predicted octanol–water partition coefficient (Wildman–Crippen LogP) is 4.96. The first kappa shape index (κ1) is 27.6. The molecule has 3 aromatic carbocycles. The Morgan fingerprint density at radius 3 is 2.38 bits per heavy atom. The van der Waals surface area contributed by atoms with E-state index in [1.165, 1.54) is 4.90 Å².